The van der Waals surface area contributed by atoms with Crippen LogP contribution in [0.25, 0.3) is 0 Å². The van der Waals surface area contributed by atoms with Crippen LogP contribution in [0, 0.1) is 12.8 Å². The van der Waals surface area contributed by atoms with Crippen molar-refractivity contribution in [2.24, 2.45) is 10.9 Å². The number of likely N-dealkylation sites (tertiary alicyclic amines) is 1. The second-order valence-corrected chi connectivity index (χ2v) is 7.31. The van der Waals surface area contributed by atoms with Crippen molar-refractivity contribution in [3.8, 4) is 5.75 Å². The molecule has 0 spiro atoms. The second-order valence-electron chi connectivity index (χ2n) is 7.31. The molecule has 1 aliphatic heterocycles. The maximum atomic E-state index is 6.02. The Morgan fingerprint density at radius 2 is 1.96 bits per heavy atom. The predicted octanol–water partition coefficient (Wildman–Crippen LogP) is 3.67. The Labute approximate surface area is 182 Å². The number of benzene rings is 1. The van der Waals surface area contributed by atoms with Crippen molar-refractivity contribution in [3.05, 3.63) is 29.8 Å². The molecule has 1 fully saturated rings. The molecule has 0 radical (unpaired) electrons. The first-order valence-electron chi connectivity index (χ1n) is 10.0. The molecule has 1 unspecified atom stereocenters. The largest absolute Gasteiger partial charge is 0.489 e. The van der Waals surface area contributed by atoms with Gasteiger partial charge in [0.1, 0.15) is 11.9 Å². The van der Waals surface area contributed by atoms with Crippen molar-refractivity contribution < 1.29 is 4.74 Å². The Hall–Kier alpha value is -1.02. The minimum atomic E-state index is 0. The first-order chi connectivity index (χ1) is 12.6. The van der Waals surface area contributed by atoms with Crippen LogP contribution >= 0.6 is 24.0 Å². The third kappa shape index (κ3) is 8.68. The molecular weight excluding hydrogens is 451 g/mol. The Morgan fingerprint density at radius 1 is 1.26 bits per heavy atom. The number of ether oxygens (including phenoxy) is 1. The summed E-state index contributed by atoms with van der Waals surface area (Å²) in [5.41, 5.74) is 1.16. The van der Waals surface area contributed by atoms with Gasteiger partial charge < -0.3 is 20.3 Å². The zero-order valence-corrected chi connectivity index (χ0v) is 19.7. The van der Waals surface area contributed by atoms with Gasteiger partial charge in [-0.1, -0.05) is 25.1 Å². The van der Waals surface area contributed by atoms with E-state index in [1.807, 2.05) is 25.2 Å². The quantitative estimate of drug-likeness (QED) is 0.333. The molecule has 0 amide bonds. The van der Waals surface area contributed by atoms with Crippen LogP contribution in [0.15, 0.2) is 29.3 Å². The Balaban J connectivity index is 0.00000364. The van der Waals surface area contributed by atoms with Gasteiger partial charge in [0, 0.05) is 13.6 Å². The molecule has 6 heteroatoms. The highest BCUT2D eigenvalue weighted by Gasteiger charge is 2.18. The number of nitrogens with one attached hydrogen (secondary N) is 2. The molecule has 154 valence electrons. The van der Waals surface area contributed by atoms with E-state index in [4.69, 9.17) is 4.74 Å². The number of piperidine rings is 1. The molecule has 27 heavy (non-hydrogen) atoms. The molecule has 2 rings (SSSR count). The molecule has 1 aromatic carbocycles. The third-order valence-electron chi connectivity index (χ3n) is 5.01. The van der Waals surface area contributed by atoms with E-state index in [2.05, 4.69) is 47.4 Å². The molecule has 5 nitrogen and oxygen atoms in total. The molecule has 0 aromatic heterocycles. The highest BCUT2D eigenvalue weighted by molar-refractivity contribution is 14.0. The molecule has 1 aromatic rings. The highest BCUT2D eigenvalue weighted by atomic mass is 127. The average molecular weight is 488 g/mol. The average Bonchev–Trinajstić information content (AvgIpc) is 2.65. The smallest absolute Gasteiger partial charge is 0.191 e. The first-order valence-corrected chi connectivity index (χ1v) is 10.0. The highest BCUT2D eigenvalue weighted by Crippen LogP contribution is 2.18. The number of aryl methyl sites for hydroxylation is 1. The van der Waals surface area contributed by atoms with E-state index in [0.717, 1.165) is 36.3 Å². The summed E-state index contributed by atoms with van der Waals surface area (Å²) in [6, 6.07) is 8.13. The van der Waals surface area contributed by atoms with Crippen molar-refractivity contribution >= 4 is 29.9 Å². The zero-order valence-electron chi connectivity index (χ0n) is 17.3. The van der Waals surface area contributed by atoms with Crippen molar-refractivity contribution in [1.82, 2.24) is 15.5 Å². The van der Waals surface area contributed by atoms with Gasteiger partial charge in [0.05, 0.1) is 6.54 Å². The summed E-state index contributed by atoms with van der Waals surface area (Å²) in [6.45, 7) is 11.8. The summed E-state index contributed by atoms with van der Waals surface area (Å²) in [6.07, 6.45) is 3.88. The van der Waals surface area contributed by atoms with Gasteiger partial charge in [0.2, 0.25) is 0 Å². The number of para-hydroxylation sites is 1. The van der Waals surface area contributed by atoms with E-state index in [0.29, 0.717) is 0 Å². The van der Waals surface area contributed by atoms with Crippen molar-refractivity contribution in [2.45, 2.75) is 46.1 Å². The number of rotatable bonds is 8. The van der Waals surface area contributed by atoms with Gasteiger partial charge in [-0.05, 0) is 70.3 Å². The van der Waals surface area contributed by atoms with Crippen LogP contribution in [0.1, 0.15) is 38.7 Å². The van der Waals surface area contributed by atoms with Gasteiger partial charge in [-0.15, -0.1) is 24.0 Å². The van der Waals surface area contributed by atoms with E-state index in [9.17, 15) is 0 Å². The normalized spacial score (nSPS) is 17.1. The molecule has 1 heterocycles. The molecule has 1 atom stereocenters. The number of nitrogens with zero attached hydrogens (tertiary/aromatic N) is 2. The summed E-state index contributed by atoms with van der Waals surface area (Å²) < 4.78 is 6.02. The summed E-state index contributed by atoms with van der Waals surface area (Å²) in [5, 5.41) is 6.86. The molecule has 1 saturated heterocycles. The van der Waals surface area contributed by atoms with E-state index >= 15 is 0 Å². The van der Waals surface area contributed by atoms with Crippen LogP contribution in [0.4, 0.5) is 0 Å². The standard InChI is InChI=1S/C21H36N4O.HI/c1-5-12-25-13-10-19(11-14-25)16-24-21(22-4)23-15-18(3)26-20-9-7-6-8-17(20)2;/h6-9,18-19H,5,10-16H2,1-4H3,(H2,22,23,24);1H. The van der Waals surface area contributed by atoms with Crippen molar-refractivity contribution in [1.29, 1.82) is 0 Å². The van der Waals surface area contributed by atoms with E-state index in [1.54, 1.807) is 0 Å². The predicted molar refractivity (Wildman–Crippen MR) is 126 cm³/mol. The van der Waals surface area contributed by atoms with Crippen LogP contribution in [0.3, 0.4) is 0 Å². The fourth-order valence-corrected chi connectivity index (χ4v) is 3.38. The minimum absolute atomic E-state index is 0. The Morgan fingerprint density at radius 3 is 2.59 bits per heavy atom. The van der Waals surface area contributed by atoms with E-state index in [1.165, 1.54) is 38.9 Å². The zero-order chi connectivity index (χ0) is 18.8. The number of guanidine groups is 1. The molecule has 0 saturated carbocycles. The minimum Gasteiger partial charge on any atom is -0.489 e. The lowest BCUT2D eigenvalue weighted by molar-refractivity contribution is 0.185. The summed E-state index contributed by atoms with van der Waals surface area (Å²) in [4.78, 5) is 6.92. The number of hydrogen-bond donors (Lipinski definition) is 2. The molecule has 1 aliphatic rings. The summed E-state index contributed by atoms with van der Waals surface area (Å²) in [5.74, 6) is 2.55. The van der Waals surface area contributed by atoms with Crippen LogP contribution in [0.2, 0.25) is 0 Å². The van der Waals surface area contributed by atoms with Gasteiger partial charge >= 0.3 is 0 Å². The van der Waals surface area contributed by atoms with Crippen LogP contribution in [-0.2, 0) is 0 Å². The fourth-order valence-electron chi connectivity index (χ4n) is 3.38. The van der Waals surface area contributed by atoms with E-state index in [-0.39, 0.29) is 30.1 Å². The second kappa shape index (κ2) is 13.2. The van der Waals surface area contributed by atoms with Gasteiger partial charge in [-0.2, -0.15) is 0 Å². The lowest BCUT2D eigenvalue weighted by atomic mass is 9.97. The van der Waals surface area contributed by atoms with Gasteiger partial charge in [-0.25, -0.2) is 0 Å². The van der Waals surface area contributed by atoms with E-state index < -0.39 is 0 Å². The van der Waals surface area contributed by atoms with Crippen LogP contribution in [0.5, 0.6) is 5.75 Å². The Kier molecular flexibility index (Phi) is 11.7. The fraction of sp³-hybridized carbons (Fsp3) is 0.667. The maximum absolute atomic E-state index is 6.02. The summed E-state index contributed by atoms with van der Waals surface area (Å²) in [7, 11) is 1.83. The maximum Gasteiger partial charge on any atom is 0.191 e. The first kappa shape index (κ1) is 24.0. The molecule has 2 N–H and O–H groups in total. The topological polar surface area (TPSA) is 48.9 Å². The van der Waals surface area contributed by atoms with Gasteiger partial charge in [0.15, 0.2) is 5.96 Å². The lowest BCUT2D eigenvalue weighted by Gasteiger charge is -2.32. The summed E-state index contributed by atoms with van der Waals surface area (Å²) >= 11 is 0. The van der Waals surface area contributed by atoms with Gasteiger partial charge in [-0.3, -0.25) is 4.99 Å². The van der Waals surface area contributed by atoms with Crippen LogP contribution in [-0.4, -0.2) is 56.7 Å². The molecule has 0 aliphatic carbocycles. The van der Waals surface area contributed by atoms with Crippen molar-refractivity contribution in [2.75, 3.05) is 39.8 Å². The lowest BCUT2D eigenvalue weighted by Crippen LogP contribution is -2.45. The Bertz CT molecular complexity index is 559. The third-order valence-corrected chi connectivity index (χ3v) is 5.01. The molecule has 0 bridgehead atoms. The van der Waals surface area contributed by atoms with Gasteiger partial charge in [0.25, 0.3) is 0 Å². The molecular formula is C21H37IN4O. The number of halogens is 1. The van der Waals surface area contributed by atoms with Crippen molar-refractivity contribution in [3.63, 3.8) is 0 Å². The van der Waals surface area contributed by atoms with Crippen LogP contribution < -0.4 is 15.4 Å². The SMILES string of the molecule is CCCN1CCC(CNC(=NC)NCC(C)Oc2ccccc2C)CC1.I. The monoisotopic (exact) mass is 488 g/mol. The number of aliphatic imine (C=N–C) groups is 1. The number of hydrogen-bond acceptors (Lipinski definition) is 3.